The molecule has 0 saturated heterocycles. The van der Waals surface area contributed by atoms with Crippen molar-refractivity contribution >= 4 is 17.7 Å². The van der Waals surface area contributed by atoms with Gasteiger partial charge in [-0.1, -0.05) is 26.0 Å². The van der Waals surface area contributed by atoms with Gasteiger partial charge in [-0.3, -0.25) is 4.79 Å². The number of carbonyl (C=O) groups is 1. The van der Waals surface area contributed by atoms with Crippen LogP contribution in [0.1, 0.15) is 43.9 Å². The van der Waals surface area contributed by atoms with Crippen molar-refractivity contribution in [2.75, 3.05) is 11.1 Å². The van der Waals surface area contributed by atoms with E-state index in [4.69, 9.17) is 5.73 Å². The highest BCUT2D eigenvalue weighted by Gasteiger charge is 2.42. The van der Waals surface area contributed by atoms with E-state index in [2.05, 4.69) is 15.4 Å². The number of hydrogen-bond acceptors (Lipinski definition) is 5. The fourth-order valence-electron chi connectivity index (χ4n) is 3.79. The van der Waals surface area contributed by atoms with Crippen LogP contribution in [0.4, 0.5) is 25.1 Å². The third-order valence-electron chi connectivity index (χ3n) is 4.90. The number of fused-ring (bicyclic) bond motifs is 1. The maximum Gasteiger partial charge on any atom is 0.416 e. The summed E-state index contributed by atoms with van der Waals surface area (Å²) in [4.78, 5) is 17.0. The van der Waals surface area contributed by atoms with Crippen LogP contribution in [0.5, 0.6) is 0 Å². The Morgan fingerprint density at radius 3 is 2.52 bits per heavy atom. The van der Waals surface area contributed by atoms with Gasteiger partial charge >= 0.3 is 6.18 Å². The number of aromatic nitrogens is 3. The van der Waals surface area contributed by atoms with E-state index >= 15 is 0 Å². The highest BCUT2D eigenvalue weighted by Crippen LogP contribution is 2.45. The van der Waals surface area contributed by atoms with E-state index < -0.39 is 17.8 Å². The molecule has 1 aliphatic heterocycles. The maximum atomic E-state index is 12.9. The SMILES string of the molecule is CC1(C)CC(=O)C2=C(C1)Nc1nc(N)nn1[C@H]2c1ccc(C(F)(F)F)cc1. The molecule has 4 rings (SSSR count). The minimum absolute atomic E-state index is 0.0287. The molecular formula is C18H18F3N5O. The Morgan fingerprint density at radius 1 is 1.22 bits per heavy atom. The molecule has 2 aromatic rings. The first-order valence-electron chi connectivity index (χ1n) is 8.48. The summed E-state index contributed by atoms with van der Waals surface area (Å²) in [7, 11) is 0. The van der Waals surface area contributed by atoms with Crippen LogP contribution in [0.25, 0.3) is 0 Å². The van der Waals surface area contributed by atoms with Crippen molar-refractivity contribution in [1.82, 2.24) is 14.8 Å². The minimum Gasteiger partial charge on any atom is -0.366 e. The van der Waals surface area contributed by atoms with E-state index in [-0.39, 0.29) is 17.1 Å². The normalized spacial score (nSPS) is 21.5. The van der Waals surface area contributed by atoms with Gasteiger partial charge in [-0.2, -0.15) is 18.2 Å². The molecule has 1 atom stereocenters. The summed E-state index contributed by atoms with van der Waals surface area (Å²) < 4.78 is 40.2. The second kappa shape index (κ2) is 5.58. The molecule has 0 bridgehead atoms. The number of ketones is 1. The average molecular weight is 377 g/mol. The molecule has 0 spiro atoms. The van der Waals surface area contributed by atoms with Gasteiger partial charge in [-0.15, -0.1) is 5.10 Å². The molecule has 0 radical (unpaired) electrons. The van der Waals surface area contributed by atoms with E-state index in [0.717, 1.165) is 17.8 Å². The summed E-state index contributed by atoms with van der Waals surface area (Å²) in [6.07, 6.45) is -3.45. The number of anilines is 2. The summed E-state index contributed by atoms with van der Waals surface area (Å²) in [6, 6.07) is 4.10. The zero-order chi connectivity index (χ0) is 19.6. The third kappa shape index (κ3) is 2.96. The number of hydrogen-bond donors (Lipinski definition) is 2. The Bertz CT molecular complexity index is 956. The number of nitrogens with zero attached hydrogens (tertiary/aromatic N) is 3. The van der Waals surface area contributed by atoms with E-state index in [1.165, 1.54) is 16.8 Å². The standard InChI is InChI=1S/C18H18F3N5O/c1-17(2)7-11-13(12(27)8-17)14(26-16(23-11)24-15(22)25-26)9-3-5-10(6-4-9)18(19,20)21/h3-6,14H,7-8H2,1-2H3,(H3,22,23,24,25)/t14-/m0/s1. The van der Waals surface area contributed by atoms with Crippen molar-refractivity contribution in [3.8, 4) is 0 Å². The monoisotopic (exact) mass is 377 g/mol. The van der Waals surface area contributed by atoms with Gasteiger partial charge < -0.3 is 11.1 Å². The van der Waals surface area contributed by atoms with Gasteiger partial charge in [-0.25, -0.2) is 4.68 Å². The lowest BCUT2D eigenvalue weighted by molar-refractivity contribution is -0.137. The van der Waals surface area contributed by atoms with Gasteiger partial charge in [0.25, 0.3) is 0 Å². The summed E-state index contributed by atoms with van der Waals surface area (Å²) in [5.41, 5.74) is 6.51. The summed E-state index contributed by atoms with van der Waals surface area (Å²) >= 11 is 0. The molecule has 0 fully saturated rings. The number of alkyl halides is 3. The molecule has 6 nitrogen and oxygen atoms in total. The predicted octanol–water partition coefficient (Wildman–Crippen LogP) is 3.54. The van der Waals surface area contributed by atoms with Gasteiger partial charge in [0, 0.05) is 17.7 Å². The van der Waals surface area contributed by atoms with Crippen LogP contribution >= 0.6 is 0 Å². The number of nitrogens with one attached hydrogen (secondary N) is 1. The Labute approximate surface area is 153 Å². The highest BCUT2D eigenvalue weighted by atomic mass is 19.4. The summed E-state index contributed by atoms with van der Waals surface area (Å²) in [5, 5.41) is 7.28. The first-order chi connectivity index (χ1) is 12.5. The smallest absolute Gasteiger partial charge is 0.366 e. The van der Waals surface area contributed by atoms with E-state index in [1.807, 2.05) is 13.8 Å². The van der Waals surface area contributed by atoms with Gasteiger partial charge in [-0.05, 0) is 29.5 Å². The zero-order valence-electron chi connectivity index (χ0n) is 14.8. The Kier molecular flexibility index (Phi) is 3.63. The number of benzene rings is 1. The summed E-state index contributed by atoms with van der Waals surface area (Å²) in [6.45, 7) is 3.99. The van der Waals surface area contributed by atoms with Crippen LogP contribution < -0.4 is 11.1 Å². The second-order valence-electron chi connectivity index (χ2n) is 7.72. The number of rotatable bonds is 1. The third-order valence-corrected chi connectivity index (χ3v) is 4.90. The van der Waals surface area contributed by atoms with Crippen LogP contribution in [0.2, 0.25) is 0 Å². The molecule has 0 amide bonds. The Balaban J connectivity index is 1.85. The van der Waals surface area contributed by atoms with Gasteiger partial charge in [0.15, 0.2) is 5.78 Å². The van der Waals surface area contributed by atoms with Crippen LogP contribution in [-0.4, -0.2) is 20.5 Å². The average Bonchev–Trinajstić information content (AvgIpc) is 2.90. The predicted molar refractivity (Wildman–Crippen MR) is 92.7 cm³/mol. The second-order valence-corrected chi connectivity index (χ2v) is 7.72. The first-order valence-corrected chi connectivity index (χ1v) is 8.48. The van der Waals surface area contributed by atoms with Crippen molar-refractivity contribution in [2.24, 2.45) is 5.41 Å². The van der Waals surface area contributed by atoms with Crippen LogP contribution in [0.3, 0.4) is 0 Å². The summed E-state index contributed by atoms with van der Waals surface area (Å²) in [5.74, 6) is 0.348. The number of nitrogen functional groups attached to an aromatic ring is 1. The van der Waals surface area contributed by atoms with Gasteiger partial charge in [0.1, 0.15) is 6.04 Å². The number of carbonyl (C=O) groups excluding carboxylic acids is 1. The van der Waals surface area contributed by atoms with E-state index in [1.54, 1.807) is 0 Å². The lowest BCUT2D eigenvalue weighted by Crippen LogP contribution is -2.36. The molecule has 27 heavy (non-hydrogen) atoms. The van der Waals surface area contributed by atoms with Crippen LogP contribution in [-0.2, 0) is 11.0 Å². The first kappa shape index (κ1) is 17.6. The lowest BCUT2D eigenvalue weighted by Gasteiger charge is -2.38. The van der Waals surface area contributed by atoms with Crippen molar-refractivity contribution in [3.05, 3.63) is 46.7 Å². The molecule has 3 N–H and O–H groups in total. The zero-order valence-corrected chi connectivity index (χ0v) is 14.8. The molecule has 9 heteroatoms. The molecule has 142 valence electrons. The van der Waals surface area contributed by atoms with Crippen LogP contribution in [0, 0.1) is 5.41 Å². The molecule has 2 heterocycles. The molecule has 0 unspecified atom stereocenters. The van der Waals surface area contributed by atoms with Crippen LogP contribution in [0.15, 0.2) is 35.5 Å². The van der Waals surface area contributed by atoms with E-state index in [9.17, 15) is 18.0 Å². The molecule has 1 aliphatic carbocycles. The number of halogens is 3. The Morgan fingerprint density at radius 2 is 1.89 bits per heavy atom. The highest BCUT2D eigenvalue weighted by molar-refractivity contribution is 6.00. The minimum atomic E-state index is -4.43. The Hall–Kier alpha value is -2.84. The van der Waals surface area contributed by atoms with E-state index in [0.29, 0.717) is 29.9 Å². The maximum absolute atomic E-state index is 12.9. The van der Waals surface area contributed by atoms with Gasteiger partial charge in [0.2, 0.25) is 11.9 Å². The quantitative estimate of drug-likeness (QED) is 0.794. The largest absolute Gasteiger partial charge is 0.416 e. The van der Waals surface area contributed by atoms with Crippen molar-refractivity contribution in [2.45, 2.75) is 38.9 Å². The van der Waals surface area contributed by atoms with Crippen molar-refractivity contribution < 1.29 is 18.0 Å². The van der Waals surface area contributed by atoms with Crippen molar-refractivity contribution in [1.29, 1.82) is 0 Å². The molecular weight excluding hydrogens is 359 g/mol. The van der Waals surface area contributed by atoms with Crippen molar-refractivity contribution in [3.63, 3.8) is 0 Å². The fourth-order valence-corrected chi connectivity index (χ4v) is 3.79. The molecule has 1 aromatic heterocycles. The molecule has 1 aromatic carbocycles. The van der Waals surface area contributed by atoms with Gasteiger partial charge in [0.05, 0.1) is 5.56 Å². The molecule has 2 aliphatic rings. The molecule has 0 saturated carbocycles. The number of allylic oxidation sites excluding steroid dienone is 2. The fraction of sp³-hybridized carbons (Fsp3) is 0.389. The topological polar surface area (TPSA) is 85.8 Å². The number of nitrogens with two attached hydrogens (primary N) is 1. The lowest BCUT2D eigenvalue weighted by atomic mass is 9.73. The number of Topliss-reactive ketones (excluding diaryl/α,β-unsaturated/α-hetero) is 1.